The van der Waals surface area contributed by atoms with Crippen LogP contribution < -0.4 is 5.32 Å². The quantitative estimate of drug-likeness (QED) is 0.815. The largest absolute Gasteiger partial charge is 0.383 e. The summed E-state index contributed by atoms with van der Waals surface area (Å²) in [4.78, 5) is 0. The number of hydrogen-bond acceptors (Lipinski definition) is 2. The van der Waals surface area contributed by atoms with Gasteiger partial charge in [0, 0.05) is 18.6 Å². The number of nitrogens with one attached hydrogen (secondary N) is 1. The van der Waals surface area contributed by atoms with E-state index < -0.39 is 0 Å². The molecule has 1 saturated carbocycles. The van der Waals surface area contributed by atoms with Crippen molar-refractivity contribution in [2.75, 3.05) is 20.3 Å². The van der Waals surface area contributed by atoms with E-state index in [9.17, 15) is 0 Å². The van der Waals surface area contributed by atoms with Crippen molar-refractivity contribution in [1.82, 2.24) is 5.32 Å². The summed E-state index contributed by atoms with van der Waals surface area (Å²) in [6.07, 6.45) is 3.89. The first-order chi connectivity index (χ1) is 8.33. The van der Waals surface area contributed by atoms with Gasteiger partial charge in [-0.25, -0.2) is 0 Å². The van der Waals surface area contributed by atoms with Gasteiger partial charge in [-0.1, -0.05) is 43.7 Å². The number of methoxy groups -OCH3 is 1. The SMILES string of the molecule is CCNC(COC)C1(c2ccccc2)CCC1. The van der Waals surface area contributed by atoms with Crippen LogP contribution in [0.3, 0.4) is 0 Å². The van der Waals surface area contributed by atoms with Crippen molar-refractivity contribution in [2.45, 2.75) is 37.6 Å². The fourth-order valence-electron chi connectivity index (χ4n) is 2.99. The van der Waals surface area contributed by atoms with Crippen LogP contribution in [0.4, 0.5) is 0 Å². The lowest BCUT2D eigenvalue weighted by Crippen LogP contribution is -2.54. The van der Waals surface area contributed by atoms with Gasteiger partial charge in [-0.3, -0.25) is 0 Å². The Morgan fingerprint density at radius 3 is 2.47 bits per heavy atom. The second-order valence-corrected chi connectivity index (χ2v) is 4.94. The highest BCUT2D eigenvalue weighted by Crippen LogP contribution is 2.46. The van der Waals surface area contributed by atoms with Gasteiger partial charge in [-0.05, 0) is 24.9 Å². The summed E-state index contributed by atoms with van der Waals surface area (Å²) in [5.41, 5.74) is 1.77. The first kappa shape index (κ1) is 12.6. The molecule has 1 atom stereocenters. The number of benzene rings is 1. The van der Waals surface area contributed by atoms with Gasteiger partial charge in [0.05, 0.1) is 6.61 Å². The summed E-state index contributed by atoms with van der Waals surface area (Å²) in [5, 5.41) is 3.60. The highest BCUT2D eigenvalue weighted by atomic mass is 16.5. The van der Waals surface area contributed by atoms with E-state index >= 15 is 0 Å². The van der Waals surface area contributed by atoms with Crippen LogP contribution in [0.5, 0.6) is 0 Å². The summed E-state index contributed by atoms with van der Waals surface area (Å²) in [7, 11) is 1.79. The first-order valence-corrected chi connectivity index (χ1v) is 6.61. The Morgan fingerprint density at radius 1 is 1.29 bits per heavy atom. The van der Waals surface area contributed by atoms with E-state index in [0.29, 0.717) is 11.5 Å². The van der Waals surface area contributed by atoms with Gasteiger partial charge < -0.3 is 10.1 Å². The number of rotatable bonds is 6. The minimum Gasteiger partial charge on any atom is -0.383 e. The predicted molar refractivity (Wildman–Crippen MR) is 71.3 cm³/mol. The molecule has 0 aromatic heterocycles. The highest BCUT2D eigenvalue weighted by molar-refractivity contribution is 5.30. The molecular formula is C15H23NO. The van der Waals surface area contributed by atoms with Gasteiger partial charge in [0.15, 0.2) is 0 Å². The molecule has 1 aromatic rings. The lowest BCUT2D eigenvalue weighted by Gasteiger charge is -2.48. The molecule has 94 valence electrons. The molecule has 1 N–H and O–H groups in total. The molecule has 1 unspecified atom stereocenters. The summed E-state index contributed by atoms with van der Waals surface area (Å²) in [6, 6.07) is 11.3. The second kappa shape index (κ2) is 5.65. The van der Waals surface area contributed by atoms with Crippen molar-refractivity contribution >= 4 is 0 Å². The molecule has 1 fully saturated rings. The normalized spacial score (nSPS) is 19.6. The van der Waals surface area contributed by atoms with E-state index in [-0.39, 0.29) is 0 Å². The van der Waals surface area contributed by atoms with Crippen molar-refractivity contribution in [3.05, 3.63) is 35.9 Å². The molecule has 2 heteroatoms. The third-order valence-corrected chi connectivity index (χ3v) is 4.05. The number of likely N-dealkylation sites (N-methyl/N-ethyl adjacent to an activating group) is 1. The summed E-state index contributed by atoms with van der Waals surface area (Å²) >= 11 is 0. The molecule has 0 spiro atoms. The average Bonchev–Trinajstić information content (AvgIpc) is 2.30. The zero-order chi connectivity index (χ0) is 12.1. The monoisotopic (exact) mass is 233 g/mol. The maximum absolute atomic E-state index is 5.40. The van der Waals surface area contributed by atoms with Crippen LogP contribution in [-0.4, -0.2) is 26.3 Å². The Balaban J connectivity index is 2.23. The Kier molecular flexibility index (Phi) is 4.19. The van der Waals surface area contributed by atoms with Crippen LogP contribution in [0.1, 0.15) is 31.7 Å². The van der Waals surface area contributed by atoms with Crippen molar-refractivity contribution in [3.8, 4) is 0 Å². The fourth-order valence-corrected chi connectivity index (χ4v) is 2.99. The predicted octanol–water partition coefficient (Wildman–Crippen LogP) is 2.73. The van der Waals surface area contributed by atoms with Crippen LogP contribution >= 0.6 is 0 Å². The molecule has 2 nitrogen and oxygen atoms in total. The third-order valence-electron chi connectivity index (χ3n) is 4.05. The summed E-state index contributed by atoms with van der Waals surface area (Å²) in [6.45, 7) is 3.96. The second-order valence-electron chi connectivity index (χ2n) is 4.94. The summed E-state index contributed by atoms with van der Waals surface area (Å²) in [5.74, 6) is 0. The molecule has 17 heavy (non-hydrogen) atoms. The molecule has 1 aromatic carbocycles. The Labute approximate surface area is 104 Å². The smallest absolute Gasteiger partial charge is 0.0624 e. The minimum atomic E-state index is 0.299. The molecular weight excluding hydrogens is 210 g/mol. The lowest BCUT2D eigenvalue weighted by molar-refractivity contribution is 0.0847. The molecule has 0 heterocycles. The van der Waals surface area contributed by atoms with Crippen LogP contribution in [0.15, 0.2) is 30.3 Å². The maximum atomic E-state index is 5.40. The molecule has 0 radical (unpaired) electrons. The van der Waals surface area contributed by atoms with Crippen molar-refractivity contribution in [2.24, 2.45) is 0 Å². The average molecular weight is 233 g/mol. The standard InChI is InChI=1S/C15H23NO/c1-3-16-14(12-17-2)15(10-7-11-15)13-8-5-4-6-9-13/h4-6,8-9,14,16H,3,7,10-12H2,1-2H3. The van der Waals surface area contributed by atoms with Crippen LogP contribution in [-0.2, 0) is 10.2 Å². The van der Waals surface area contributed by atoms with E-state index in [1.165, 1.54) is 24.8 Å². The van der Waals surface area contributed by atoms with E-state index in [4.69, 9.17) is 4.74 Å². The number of hydrogen-bond donors (Lipinski definition) is 1. The Hall–Kier alpha value is -0.860. The minimum absolute atomic E-state index is 0.299. The van der Waals surface area contributed by atoms with Gasteiger partial charge in [0.2, 0.25) is 0 Å². The highest BCUT2D eigenvalue weighted by Gasteiger charge is 2.44. The maximum Gasteiger partial charge on any atom is 0.0624 e. The van der Waals surface area contributed by atoms with Crippen molar-refractivity contribution in [1.29, 1.82) is 0 Å². The van der Waals surface area contributed by atoms with E-state index in [1.807, 2.05) is 0 Å². The van der Waals surface area contributed by atoms with Crippen LogP contribution in [0.25, 0.3) is 0 Å². The zero-order valence-corrected chi connectivity index (χ0v) is 10.9. The van der Waals surface area contributed by atoms with Gasteiger partial charge in [0.1, 0.15) is 0 Å². The molecule has 0 aliphatic heterocycles. The summed E-state index contributed by atoms with van der Waals surface area (Å²) < 4.78 is 5.40. The topological polar surface area (TPSA) is 21.3 Å². The Bertz CT molecular complexity index is 326. The molecule has 1 aliphatic rings. The zero-order valence-electron chi connectivity index (χ0n) is 10.9. The van der Waals surface area contributed by atoms with E-state index in [0.717, 1.165) is 13.2 Å². The van der Waals surface area contributed by atoms with Crippen molar-refractivity contribution in [3.63, 3.8) is 0 Å². The van der Waals surface area contributed by atoms with Crippen LogP contribution in [0, 0.1) is 0 Å². The number of ether oxygens (including phenoxy) is 1. The molecule has 0 bridgehead atoms. The molecule has 2 rings (SSSR count). The van der Waals surface area contributed by atoms with Gasteiger partial charge in [0.25, 0.3) is 0 Å². The van der Waals surface area contributed by atoms with E-state index in [1.54, 1.807) is 7.11 Å². The molecule has 0 saturated heterocycles. The first-order valence-electron chi connectivity index (χ1n) is 6.61. The molecule has 0 amide bonds. The third kappa shape index (κ3) is 2.38. The van der Waals surface area contributed by atoms with Crippen LogP contribution in [0.2, 0.25) is 0 Å². The Morgan fingerprint density at radius 2 is 2.00 bits per heavy atom. The van der Waals surface area contributed by atoms with Gasteiger partial charge in [-0.15, -0.1) is 0 Å². The van der Waals surface area contributed by atoms with Crippen molar-refractivity contribution < 1.29 is 4.74 Å². The fraction of sp³-hybridized carbons (Fsp3) is 0.600. The van der Waals surface area contributed by atoms with Gasteiger partial charge >= 0.3 is 0 Å². The van der Waals surface area contributed by atoms with E-state index in [2.05, 4.69) is 42.6 Å². The lowest BCUT2D eigenvalue weighted by atomic mass is 9.60. The van der Waals surface area contributed by atoms with Gasteiger partial charge in [-0.2, -0.15) is 0 Å². The molecule has 1 aliphatic carbocycles.